The van der Waals surface area contributed by atoms with Gasteiger partial charge >= 0.3 is 6.09 Å². The summed E-state index contributed by atoms with van der Waals surface area (Å²) in [6.07, 6.45) is 2.71. The van der Waals surface area contributed by atoms with Crippen LogP contribution in [0.4, 0.5) is 4.79 Å². The molecule has 2 N–H and O–H groups in total. The third-order valence-corrected chi connectivity index (χ3v) is 6.81. The molecule has 222 valence electrons. The lowest BCUT2D eigenvalue weighted by molar-refractivity contribution is -0.130. The Morgan fingerprint density at radius 1 is 0.923 bits per heavy atom. The predicted octanol–water partition coefficient (Wildman–Crippen LogP) is 6.83. The number of carbonyl (C=O) groups is 3. The number of ketones is 1. The first-order valence-corrected chi connectivity index (χ1v) is 14.2. The molecule has 0 saturated carbocycles. The fraction of sp³-hybridized carbons (Fsp3) is 0.719. The van der Waals surface area contributed by atoms with Crippen molar-refractivity contribution in [3.05, 3.63) is 35.9 Å². The normalized spacial score (nSPS) is 13.5. The quantitative estimate of drug-likeness (QED) is 0.222. The highest BCUT2D eigenvalue weighted by Gasteiger charge is 2.39. The Balaban J connectivity index is 2.74. The summed E-state index contributed by atoms with van der Waals surface area (Å²) in [7, 11) is 0. The Morgan fingerprint density at radius 3 is 2.10 bits per heavy atom. The van der Waals surface area contributed by atoms with Crippen molar-refractivity contribution in [1.29, 1.82) is 0 Å². The third-order valence-electron chi connectivity index (χ3n) is 6.81. The van der Waals surface area contributed by atoms with Gasteiger partial charge < -0.3 is 20.1 Å². The number of ether oxygens (including phenoxy) is 2. The Hall–Kier alpha value is -2.41. The van der Waals surface area contributed by atoms with Gasteiger partial charge in [-0.05, 0) is 69.8 Å². The maximum Gasteiger partial charge on any atom is 0.407 e. The van der Waals surface area contributed by atoms with E-state index in [1.165, 1.54) is 6.92 Å². The molecule has 0 aliphatic carbocycles. The first-order valence-electron chi connectivity index (χ1n) is 14.2. The van der Waals surface area contributed by atoms with Crippen molar-refractivity contribution in [3.8, 4) is 0 Å². The van der Waals surface area contributed by atoms with Crippen LogP contribution in [0.2, 0.25) is 0 Å². The summed E-state index contributed by atoms with van der Waals surface area (Å²) >= 11 is 0. The van der Waals surface area contributed by atoms with Gasteiger partial charge in [-0.25, -0.2) is 4.79 Å². The molecule has 1 rings (SSSR count). The Bertz CT molecular complexity index is 916. The predicted molar refractivity (Wildman–Crippen MR) is 157 cm³/mol. The molecular weight excluding hydrogens is 492 g/mol. The van der Waals surface area contributed by atoms with E-state index >= 15 is 0 Å². The van der Waals surface area contributed by atoms with E-state index < -0.39 is 17.6 Å². The lowest BCUT2D eigenvalue weighted by Crippen LogP contribution is -2.52. The number of Topliss-reactive ketones (excluding diaryl/α,β-unsaturated/α-hetero) is 1. The number of hydrogen-bond acceptors (Lipinski definition) is 5. The van der Waals surface area contributed by atoms with Crippen LogP contribution in [0.15, 0.2) is 30.3 Å². The zero-order valence-electron chi connectivity index (χ0n) is 26.2. The van der Waals surface area contributed by atoms with E-state index in [2.05, 4.69) is 59.1 Å². The van der Waals surface area contributed by atoms with Crippen molar-refractivity contribution in [2.45, 2.75) is 119 Å². The Kier molecular flexibility index (Phi) is 13.2. The Labute approximate surface area is 237 Å². The molecule has 0 aliphatic rings. The number of hydrogen-bond donors (Lipinski definition) is 2. The number of nitrogens with one attached hydrogen (secondary N) is 2. The summed E-state index contributed by atoms with van der Waals surface area (Å²) < 4.78 is 11.5. The van der Waals surface area contributed by atoms with Crippen LogP contribution in [-0.4, -0.2) is 42.1 Å². The minimum absolute atomic E-state index is 0.107. The SMILES string of the molecule is CC(=O)NC(C)(C)C(CCCNC(=O)OCc1ccccc1)C(=O)CC(C)(C)CC(C)(C)OCCC(C)(C)C. The second-order valence-electron chi connectivity index (χ2n) is 14.0. The van der Waals surface area contributed by atoms with E-state index in [0.717, 1.165) is 18.4 Å². The Morgan fingerprint density at radius 2 is 1.54 bits per heavy atom. The zero-order chi connectivity index (χ0) is 29.9. The topological polar surface area (TPSA) is 93.7 Å². The lowest BCUT2D eigenvalue weighted by atomic mass is 9.72. The van der Waals surface area contributed by atoms with Gasteiger partial charge in [-0.1, -0.05) is 65.0 Å². The van der Waals surface area contributed by atoms with Gasteiger partial charge in [-0.15, -0.1) is 0 Å². The van der Waals surface area contributed by atoms with Crippen LogP contribution >= 0.6 is 0 Å². The van der Waals surface area contributed by atoms with Gasteiger partial charge in [-0.2, -0.15) is 0 Å². The largest absolute Gasteiger partial charge is 0.445 e. The first kappa shape index (κ1) is 34.6. The van der Waals surface area contributed by atoms with E-state index in [9.17, 15) is 14.4 Å². The van der Waals surface area contributed by atoms with E-state index in [0.29, 0.717) is 32.4 Å². The molecule has 1 unspecified atom stereocenters. The summed E-state index contributed by atoms with van der Waals surface area (Å²) in [5.41, 5.74) is -0.238. The van der Waals surface area contributed by atoms with E-state index in [1.54, 1.807) is 0 Å². The van der Waals surface area contributed by atoms with Crippen LogP contribution in [-0.2, 0) is 25.7 Å². The molecule has 1 atom stereocenters. The number of alkyl carbamates (subject to hydrolysis) is 1. The molecular formula is C32H54N2O5. The van der Waals surface area contributed by atoms with Crippen molar-refractivity contribution < 1.29 is 23.9 Å². The van der Waals surface area contributed by atoms with Gasteiger partial charge in [0.15, 0.2) is 0 Å². The molecule has 0 spiro atoms. The molecule has 0 fully saturated rings. The van der Waals surface area contributed by atoms with Crippen molar-refractivity contribution in [2.24, 2.45) is 16.7 Å². The van der Waals surface area contributed by atoms with Crippen LogP contribution in [0.25, 0.3) is 0 Å². The zero-order valence-corrected chi connectivity index (χ0v) is 26.2. The molecule has 0 radical (unpaired) electrons. The monoisotopic (exact) mass is 546 g/mol. The number of benzene rings is 1. The smallest absolute Gasteiger partial charge is 0.407 e. The average molecular weight is 547 g/mol. The van der Waals surface area contributed by atoms with E-state index in [-0.39, 0.29) is 34.7 Å². The molecule has 0 aromatic heterocycles. The van der Waals surface area contributed by atoms with Gasteiger partial charge in [0.25, 0.3) is 0 Å². The van der Waals surface area contributed by atoms with E-state index in [4.69, 9.17) is 9.47 Å². The molecule has 7 nitrogen and oxygen atoms in total. The highest BCUT2D eigenvalue weighted by Crippen LogP contribution is 2.37. The average Bonchev–Trinajstić information content (AvgIpc) is 2.74. The van der Waals surface area contributed by atoms with Crippen LogP contribution in [0.1, 0.15) is 107 Å². The second-order valence-corrected chi connectivity index (χ2v) is 14.0. The van der Waals surface area contributed by atoms with Crippen molar-refractivity contribution in [2.75, 3.05) is 13.2 Å². The minimum Gasteiger partial charge on any atom is -0.445 e. The fourth-order valence-corrected chi connectivity index (χ4v) is 5.23. The number of carbonyl (C=O) groups excluding carboxylic acids is 3. The van der Waals surface area contributed by atoms with Gasteiger partial charge in [0.2, 0.25) is 5.91 Å². The maximum absolute atomic E-state index is 13.7. The summed E-state index contributed by atoms with van der Waals surface area (Å²) in [6.45, 7) is 21.5. The molecule has 1 aromatic carbocycles. The summed E-state index contributed by atoms with van der Waals surface area (Å²) in [6, 6.07) is 9.50. The highest BCUT2D eigenvalue weighted by molar-refractivity contribution is 5.84. The minimum atomic E-state index is -0.717. The standard InChI is InChI=1S/C32H54N2O5/c1-24(35)34-32(9,10)26(17-14-19-33-28(37)38-22-25-15-12-11-13-16-25)27(36)21-30(5,6)23-31(7,8)39-20-18-29(2,3)4/h11-13,15-16,26H,14,17-23H2,1-10H3,(H,33,37)(H,34,35). The lowest BCUT2D eigenvalue weighted by Gasteiger charge is -2.39. The third kappa shape index (κ3) is 15.1. The fourth-order valence-electron chi connectivity index (χ4n) is 5.23. The molecule has 0 saturated heterocycles. The van der Waals surface area contributed by atoms with Crippen molar-refractivity contribution in [3.63, 3.8) is 0 Å². The van der Waals surface area contributed by atoms with Crippen molar-refractivity contribution >= 4 is 17.8 Å². The molecule has 0 heterocycles. The molecule has 0 aliphatic heterocycles. The van der Waals surface area contributed by atoms with Gasteiger partial charge in [0.1, 0.15) is 12.4 Å². The maximum atomic E-state index is 13.7. The van der Waals surface area contributed by atoms with Crippen LogP contribution in [0.3, 0.4) is 0 Å². The molecule has 1 aromatic rings. The summed E-state index contributed by atoms with van der Waals surface area (Å²) in [5.74, 6) is -0.461. The first-order chi connectivity index (χ1) is 17.8. The molecule has 2 amide bonds. The van der Waals surface area contributed by atoms with Crippen LogP contribution < -0.4 is 10.6 Å². The second kappa shape index (κ2) is 14.8. The molecule has 0 bridgehead atoms. The van der Waals surface area contributed by atoms with Crippen molar-refractivity contribution in [1.82, 2.24) is 10.6 Å². The number of amides is 2. The summed E-state index contributed by atoms with van der Waals surface area (Å²) in [5, 5.41) is 5.74. The molecule has 39 heavy (non-hydrogen) atoms. The molecule has 7 heteroatoms. The highest BCUT2D eigenvalue weighted by atomic mass is 16.5. The van der Waals surface area contributed by atoms with Crippen LogP contribution in [0.5, 0.6) is 0 Å². The van der Waals surface area contributed by atoms with Crippen LogP contribution in [0, 0.1) is 16.7 Å². The van der Waals surface area contributed by atoms with Gasteiger partial charge in [-0.3, -0.25) is 9.59 Å². The summed E-state index contributed by atoms with van der Waals surface area (Å²) in [4.78, 5) is 37.7. The van der Waals surface area contributed by atoms with E-state index in [1.807, 2.05) is 44.2 Å². The van der Waals surface area contributed by atoms with Gasteiger partial charge in [0, 0.05) is 38.0 Å². The number of rotatable bonds is 16. The van der Waals surface area contributed by atoms with Gasteiger partial charge in [0.05, 0.1) is 5.60 Å².